The van der Waals surface area contributed by atoms with Crippen LogP contribution in [-0.4, -0.2) is 20.9 Å². The first-order valence-electron chi connectivity index (χ1n) is 10.9. The van der Waals surface area contributed by atoms with E-state index in [-0.39, 0.29) is 11.7 Å². The van der Waals surface area contributed by atoms with E-state index in [2.05, 4.69) is 10.3 Å². The molecular formula is C28H21FN4O. The van der Waals surface area contributed by atoms with E-state index in [0.29, 0.717) is 34.5 Å². The molecule has 3 aromatic carbocycles. The minimum Gasteiger partial charge on any atom is -0.348 e. The van der Waals surface area contributed by atoms with Gasteiger partial charge in [0.2, 0.25) is 0 Å². The number of nitrogens with zero attached hydrogens (tertiary/aromatic N) is 3. The zero-order chi connectivity index (χ0) is 23.5. The number of aromatic nitrogens is 3. The number of hydrogen-bond acceptors (Lipinski definition) is 4. The molecule has 5 rings (SSSR count). The summed E-state index contributed by atoms with van der Waals surface area (Å²) in [5, 5.41) is 2.91. The van der Waals surface area contributed by atoms with Crippen LogP contribution in [0, 0.1) is 12.7 Å². The topological polar surface area (TPSA) is 67.8 Å². The molecular weight excluding hydrogens is 427 g/mol. The highest BCUT2D eigenvalue weighted by molar-refractivity contribution is 5.98. The van der Waals surface area contributed by atoms with Crippen LogP contribution < -0.4 is 5.32 Å². The number of hydrogen-bond donors (Lipinski definition) is 1. The van der Waals surface area contributed by atoms with Crippen LogP contribution in [0.4, 0.5) is 4.39 Å². The summed E-state index contributed by atoms with van der Waals surface area (Å²) in [6.45, 7) is 2.40. The third-order valence-electron chi connectivity index (χ3n) is 5.54. The van der Waals surface area contributed by atoms with Crippen molar-refractivity contribution < 1.29 is 9.18 Å². The molecule has 0 aliphatic rings. The molecule has 2 aromatic heterocycles. The Labute approximate surface area is 196 Å². The molecule has 0 fully saturated rings. The predicted molar refractivity (Wildman–Crippen MR) is 131 cm³/mol. The lowest BCUT2D eigenvalue weighted by Crippen LogP contribution is -2.22. The Morgan fingerprint density at radius 2 is 1.53 bits per heavy atom. The molecule has 5 nitrogen and oxygen atoms in total. The first kappa shape index (κ1) is 21.4. The number of amides is 1. The normalized spacial score (nSPS) is 10.9. The van der Waals surface area contributed by atoms with Crippen LogP contribution in [0.15, 0.2) is 91.3 Å². The summed E-state index contributed by atoms with van der Waals surface area (Å²) in [6.07, 6.45) is 3.41. The number of fused-ring (bicyclic) bond motifs is 1. The Hall–Kier alpha value is -4.45. The van der Waals surface area contributed by atoms with Gasteiger partial charge in [0.25, 0.3) is 5.91 Å². The molecule has 0 aliphatic carbocycles. The summed E-state index contributed by atoms with van der Waals surface area (Å²) in [4.78, 5) is 26.6. The molecule has 0 spiro atoms. The molecule has 0 aliphatic heterocycles. The van der Waals surface area contributed by atoms with Crippen molar-refractivity contribution in [3.8, 4) is 22.5 Å². The van der Waals surface area contributed by atoms with Crippen molar-refractivity contribution in [2.75, 3.05) is 0 Å². The third kappa shape index (κ3) is 4.52. The second-order valence-corrected chi connectivity index (χ2v) is 8.04. The lowest BCUT2D eigenvalue weighted by Gasteiger charge is -2.12. The molecule has 6 heteroatoms. The summed E-state index contributed by atoms with van der Waals surface area (Å²) < 4.78 is 13.6. The minimum atomic E-state index is -0.318. The fraction of sp³-hybridized carbons (Fsp3) is 0.0714. The molecule has 5 aromatic rings. The molecule has 0 saturated heterocycles. The Morgan fingerprint density at radius 3 is 2.21 bits per heavy atom. The van der Waals surface area contributed by atoms with Crippen molar-refractivity contribution in [1.82, 2.24) is 20.3 Å². The second-order valence-electron chi connectivity index (χ2n) is 8.04. The molecule has 2 heterocycles. The van der Waals surface area contributed by atoms with Gasteiger partial charge in [0.05, 0.1) is 22.4 Å². The fourth-order valence-electron chi connectivity index (χ4n) is 3.70. The van der Waals surface area contributed by atoms with E-state index in [1.54, 1.807) is 42.7 Å². The minimum absolute atomic E-state index is 0.210. The van der Waals surface area contributed by atoms with Gasteiger partial charge in [-0.2, -0.15) is 0 Å². The van der Waals surface area contributed by atoms with Gasteiger partial charge in [0, 0.05) is 35.6 Å². The lowest BCUT2D eigenvalue weighted by atomic mass is 10.0. The van der Waals surface area contributed by atoms with Crippen LogP contribution in [0.2, 0.25) is 0 Å². The number of carbonyl (C=O) groups is 1. The van der Waals surface area contributed by atoms with Crippen LogP contribution in [0.25, 0.3) is 33.5 Å². The van der Waals surface area contributed by atoms with Crippen molar-refractivity contribution in [2.24, 2.45) is 0 Å². The van der Waals surface area contributed by atoms with Gasteiger partial charge in [0.1, 0.15) is 5.82 Å². The van der Waals surface area contributed by atoms with Gasteiger partial charge < -0.3 is 5.32 Å². The van der Waals surface area contributed by atoms with E-state index in [1.165, 1.54) is 12.1 Å². The summed E-state index contributed by atoms with van der Waals surface area (Å²) >= 11 is 0. The molecule has 1 N–H and O–H groups in total. The van der Waals surface area contributed by atoms with Gasteiger partial charge in [-0.3, -0.25) is 9.78 Å². The number of aryl methyl sites for hydroxylation is 1. The van der Waals surface area contributed by atoms with Crippen molar-refractivity contribution >= 4 is 16.9 Å². The Morgan fingerprint density at radius 1 is 0.853 bits per heavy atom. The smallest absolute Gasteiger partial charge is 0.251 e. The van der Waals surface area contributed by atoms with Crippen LogP contribution in [0.1, 0.15) is 21.5 Å². The van der Waals surface area contributed by atoms with Gasteiger partial charge in [-0.05, 0) is 61.0 Å². The largest absolute Gasteiger partial charge is 0.348 e. The van der Waals surface area contributed by atoms with Crippen LogP contribution in [-0.2, 0) is 6.54 Å². The first-order chi connectivity index (χ1) is 16.6. The quantitative estimate of drug-likeness (QED) is 0.373. The van der Waals surface area contributed by atoms with Crippen molar-refractivity contribution in [3.63, 3.8) is 0 Å². The highest BCUT2D eigenvalue weighted by atomic mass is 19.1. The molecule has 0 bridgehead atoms. The summed E-state index contributed by atoms with van der Waals surface area (Å²) in [5.41, 5.74) is 6.79. The highest BCUT2D eigenvalue weighted by Crippen LogP contribution is 2.31. The molecule has 0 atom stereocenters. The monoisotopic (exact) mass is 448 g/mol. The molecule has 0 radical (unpaired) electrons. The maximum absolute atomic E-state index is 13.6. The first-order valence-corrected chi connectivity index (χ1v) is 10.9. The molecule has 34 heavy (non-hydrogen) atoms. The van der Waals surface area contributed by atoms with E-state index in [1.807, 2.05) is 43.3 Å². The van der Waals surface area contributed by atoms with Gasteiger partial charge in [-0.15, -0.1) is 0 Å². The Kier molecular flexibility index (Phi) is 5.79. The van der Waals surface area contributed by atoms with Crippen molar-refractivity contribution in [3.05, 3.63) is 114 Å². The van der Waals surface area contributed by atoms with Gasteiger partial charge in [-0.1, -0.05) is 35.9 Å². The number of halogens is 1. The summed E-state index contributed by atoms with van der Waals surface area (Å²) in [7, 11) is 0. The van der Waals surface area contributed by atoms with Crippen molar-refractivity contribution in [2.45, 2.75) is 13.5 Å². The number of benzene rings is 3. The van der Waals surface area contributed by atoms with Crippen LogP contribution >= 0.6 is 0 Å². The van der Waals surface area contributed by atoms with Gasteiger partial charge in [0.15, 0.2) is 0 Å². The van der Waals surface area contributed by atoms with E-state index < -0.39 is 0 Å². The molecule has 0 saturated carbocycles. The summed E-state index contributed by atoms with van der Waals surface area (Å²) in [5.74, 6) is -0.527. The van der Waals surface area contributed by atoms with Crippen LogP contribution in [0.3, 0.4) is 0 Å². The maximum Gasteiger partial charge on any atom is 0.251 e. The van der Waals surface area contributed by atoms with Crippen LogP contribution in [0.5, 0.6) is 0 Å². The van der Waals surface area contributed by atoms with Gasteiger partial charge >= 0.3 is 0 Å². The fourth-order valence-corrected chi connectivity index (χ4v) is 3.70. The maximum atomic E-state index is 13.6. The Bertz CT molecular complexity index is 1470. The van der Waals surface area contributed by atoms with E-state index in [9.17, 15) is 9.18 Å². The predicted octanol–water partition coefficient (Wildman–Crippen LogP) is 5.74. The lowest BCUT2D eigenvalue weighted by molar-refractivity contribution is 0.0951. The number of rotatable bonds is 5. The third-order valence-corrected chi connectivity index (χ3v) is 5.54. The number of nitrogens with one attached hydrogen (secondary N) is 1. The molecule has 166 valence electrons. The number of pyridine rings is 1. The summed E-state index contributed by atoms with van der Waals surface area (Å²) in [6, 6.07) is 23.2. The average molecular weight is 449 g/mol. The van der Waals surface area contributed by atoms with E-state index >= 15 is 0 Å². The van der Waals surface area contributed by atoms with E-state index in [4.69, 9.17) is 9.97 Å². The zero-order valence-electron chi connectivity index (χ0n) is 18.5. The highest BCUT2D eigenvalue weighted by Gasteiger charge is 2.15. The average Bonchev–Trinajstić information content (AvgIpc) is 2.88. The van der Waals surface area contributed by atoms with Gasteiger partial charge in [-0.25, -0.2) is 14.4 Å². The molecule has 0 unspecified atom stereocenters. The number of carbonyl (C=O) groups excluding carboxylic acids is 1. The van der Waals surface area contributed by atoms with E-state index in [0.717, 1.165) is 22.3 Å². The molecule has 1 amide bonds. The standard InChI is InChI=1S/C28H21FN4O/c1-18-4-6-20(7-5-18)26-27(21-8-11-23(29)12-9-21)33-25-15-22(10-13-24(25)32-26)28(34)31-17-19-3-2-14-30-16-19/h2-16H,17H2,1H3,(H,31,34). The second kappa shape index (κ2) is 9.19. The Balaban J connectivity index is 1.55. The SMILES string of the molecule is Cc1ccc(-c2nc3ccc(C(=O)NCc4cccnc4)cc3nc2-c2ccc(F)cc2)cc1. The van der Waals surface area contributed by atoms with Crippen molar-refractivity contribution in [1.29, 1.82) is 0 Å². The zero-order valence-corrected chi connectivity index (χ0v) is 18.5.